The molecule has 1 fully saturated rings. The highest BCUT2D eigenvalue weighted by Gasteiger charge is 2.37. The average molecular weight is 528 g/mol. The quantitative estimate of drug-likeness (QED) is 0.353. The molecule has 0 aromatic heterocycles. The number of urea groups is 1. The van der Waals surface area contributed by atoms with E-state index in [1.807, 2.05) is 0 Å². The van der Waals surface area contributed by atoms with Gasteiger partial charge in [-0.05, 0) is 54.1 Å². The summed E-state index contributed by atoms with van der Waals surface area (Å²) in [7, 11) is 0. The van der Waals surface area contributed by atoms with Crippen molar-refractivity contribution in [3.8, 4) is 5.75 Å². The minimum Gasteiger partial charge on any atom is -0.484 e. The Morgan fingerprint density at radius 3 is 2.53 bits per heavy atom. The topological polar surface area (TPSA) is 105 Å². The van der Waals surface area contributed by atoms with Crippen LogP contribution in [-0.2, 0) is 14.4 Å². The number of ether oxygens (including phenoxy) is 1. The predicted molar refractivity (Wildman–Crippen MR) is 132 cm³/mol. The molecule has 3 aromatic carbocycles. The molecule has 0 unspecified atom stereocenters. The third-order valence-corrected chi connectivity index (χ3v) is 5.69. The molecular weight excluding hydrogens is 512 g/mol. The third kappa shape index (κ3) is 5.54. The van der Waals surface area contributed by atoms with Gasteiger partial charge in [-0.15, -0.1) is 0 Å². The maximum atomic E-state index is 13.7. The summed E-state index contributed by atoms with van der Waals surface area (Å²) in [6.45, 7) is -0.409. The SMILES string of the molecule is O=C(COc1cccc(/C=C2/C(=O)NC(=O)N(c3ccc(Cl)c(Cl)c3)C2=O)c1)Nc1ccccc1F. The minimum absolute atomic E-state index is 0.0208. The van der Waals surface area contributed by atoms with Crippen LogP contribution in [0.15, 0.2) is 72.3 Å². The van der Waals surface area contributed by atoms with Gasteiger partial charge in [-0.3, -0.25) is 19.7 Å². The van der Waals surface area contributed by atoms with E-state index in [0.717, 1.165) is 4.90 Å². The third-order valence-electron chi connectivity index (χ3n) is 4.95. The van der Waals surface area contributed by atoms with Crippen LogP contribution >= 0.6 is 23.2 Å². The number of para-hydroxylation sites is 1. The highest BCUT2D eigenvalue weighted by atomic mass is 35.5. The van der Waals surface area contributed by atoms with E-state index in [1.54, 1.807) is 24.3 Å². The molecule has 3 aromatic rings. The van der Waals surface area contributed by atoms with Crippen LogP contribution in [0, 0.1) is 5.82 Å². The van der Waals surface area contributed by atoms with Crippen LogP contribution in [0.2, 0.25) is 10.0 Å². The van der Waals surface area contributed by atoms with Crippen molar-refractivity contribution < 1.29 is 28.3 Å². The van der Waals surface area contributed by atoms with Crippen LogP contribution < -0.4 is 20.3 Å². The smallest absolute Gasteiger partial charge is 0.335 e. The molecule has 0 spiro atoms. The summed E-state index contributed by atoms with van der Waals surface area (Å²) in [6.07, 6.45) is 1.28. The van der Waals surface area contributed by atoms with Crippen LogP contribution in [0.1, 0.15) is 5.56 Å². The number of amides is 5. The summed E-state index contributed by atoms with van der Waals surface area (Å²) in [5, 5.41) is 4.87. The summed E-state index contributed by atoms with van der Waals surface area (Å²) >= 11 is 11.9. The first-order chi connectivity index (χ1) is 17.2. The number of anilines is 2. The van der Waals surface area contributed by atoms with Crippen molar-refractivity contribution >= 4 is 64.4 Å². The van der Waals surface area contributed by atoms with Gasteiger partial charge in [0.1, 0.15) is 17.1 Å². The molecule has 1 saturated heterocycles. The lowest BCUT2D eigenvalue weighted by molar-refractivity contribution is -0.122. The van der Waals surface area contributed by atoms with E-state index < -0.39 is 36.2 Å². The summed E-state index contributed by atoms with van der Waals surface area (Å²) in [5.41, 5.74) is 0.231. The number of carbonyl (C=O) groups excluding carboxylic acids is 4. The lowest BCUT2D eigenvalue weighted by Crippen LogP contribution is -2.54. The Balaban J connectivity index is 1.50. The molecule has 0 radical (unpaired) electrons. The zero-order valence-corrected chi connectivity index (χ0v) is 19.8. The molecule has 5 amide bonds. The van der Waals surface area contributed by atoms with Gasteiger partial charge in [0.05, 0.1) is 21.4 Å². The standard InChI is InChI=1S/C25H16Cl2FN3O5/c26-18-9-8-15(12-19(18)27)31-24(34)17(23(33)30-25(31)35)11-14-4-3-5-16(10-14)36-13-22(32)29-21-7-2-1-6-20(21)28/h1-12H,13H2,(H,29,32)(H,30,33,35)/b17-11-. The van der Waals surface area contributed by atoms with Crippen molar-refractivity contribution in [2.45, 2.75) is 0 Å². The second-order valence-electron chi connectivity index (χ2n) is 7.45. The molecule has 2 N–H and O–H groups in total. The van der Waals surface area contributed by atoms with Gasteiger partial charge >= 0.3 is 6.03 Å². The number of hydrogen-bond acceptors (Lipinski definition) is 5. The Morgan fingerprint density at radius 2 is 1.78 bits per heavy atom. The van der Waals surface area contributed by atoms with Crippen molar-refractivity contribution in [1.82, 2.24) is 5.32 Å². The Hall–Kier alpha value is -4.21. The molecule has 0 atom stereocenters. The normalized spacial score (nSPS) is 14.6. The Bertz CT molecular complexity index is 1430. The maximum absolute atomic E-state index is 13.7. The molecule has 36 heavy (non-hydrogen) atoms. The summed E-state index contributed by atoms with van der Waals surface area (Å²) in [4.78, 5) is 50.7. The lowest BCUT2D eigenvalue weighted by Gasteiger charge is -2.26. The minimum atomic E-state index is -0.932. The molecule has 4 rings (SSSR count). The van der Waals surface area contributed by atoms with Gasteiger partial charge < -0.3 is 10.1 Å². The molecule has 0 aliphatic carbocycles. The van der Waals surface area contributed by atoms with Crippen LogP contribution in [0.25, 0.3) is 6.08 Å². The van der Waals surface area contributed by atoms with Gasteiger partial charge in [0.2, 0.25) is 0 Å². The van der Waals surface area contributed by atoms with Crippen LogP contribution in [0.3, 0.4) is 0 Å². The molecule has 8 nitrogen and oxygen atoms in total. The number of halogens is 3. The van der Waals surface area contributed by atoms with Gasteiger partial charge in [-0.1, -0.05) is 47.5 Å². The largest absolute Gasteiger partial charge is 0.484 e. The summed E-state index contributed by atoms with van der Waals surface area (Å²) in [5.74, 6) is -2.64. The van der Waals surface area contributed by atoms with Gasteiger partial charge in [-0.25, -0.2) is 14.1 Å². The number of benzene rings is 3. The highest BCUT2D eigenvalue weighted by Crippen LogP contribution is 2.29. The molecule has 1 heterocycles. The lowest BCUT2D eigenvalue weighted by atomic mass is 10.1. The van der Waals surface area contributed by atoms with Crippen molar-refractivity contribution in [3.05, 3.63) is 93.7 Å². The van der Waals surface area contributed by atoms with Crippen LogP contribution in [0.5, 0.6) is 5.75 Å². The van der Waals surface area contributed by atoms with Crippen molar-refractivity contribution in [3.63, 3.8) is 0 Å². The average Bonchev–Trinajstić information content (AvgIpc) is 2.84. The number of nitrogens with zero attached hydrogens (tertiary/aromatic N) is 1. The van der Waals surface area contributed by atoms with Crippen molar-refractivity contribution in [2.75, 3.05) is 16.8 Å². The number of rotatable bonds is 6. The number of carbonyl (C=O) groups is 4. The fourth-order valence-corrected chi connectivity index (χ4v) is 3.57. The Morgan fingerprint density at radius 1 is 1.00 bits per heavy atom. The number of barbiturate groups is 1. The molecule has 0 saturated carbocycles. The molecule has 0 bridgehead atoms. The van der Waals surface area contributed by atoms with E-state index in [4.69, 9.17) is 27.9 Å². The second kappa shape index (κ2) is 10.6. The number of nitrogens with one attached hydrogen (secondary N) is 2. The van der Waals surface area contributed by atoms with Crippen LogP contribution in [0.4, 0.5) is 20.6 Å². The first kappa shape index (κ1) is 24.9. The first-order valence-corrected chi connectivity index (χ1v) is 11.1. The molecule has 11 heteroatoms. The molecular formula is C25H16Cl2FN3O5. The zero-order chi connectivity index (χ0) is 25.8. The van der Waals surface area contributed by atoms with Gasteiger partial charge in [-0.2, -0.15) is 0 Å². The van der Waals surface area contributed by atoms with Gasteiger partial charge in [0.25, 0.3) is 17.7 Å². The van der Waals surface area contributed by atoms with E-state index in [2.05, 4.69) is 10.6 Å². The second-order valence-corrected chi connectivity index (χ2v) is 8.26. The number of hydrogen-bond donors (Lipinski definition) is 2. The van der Waals surface area contributed by atoms with E-state index >= 15 is 0 Å². The highest BCUT2D eigenvalue weighted by molar-refractivity contribution is 6.43. The van der Waals surface area contributed by atoms with Gasteiger partial charge in [0.15, 0.2) is 6.61 Å². The Labute approximate surface area is 214 Å². The van der Waals surface area contributed by atoms with E-state index in [-0.39, 0.29) is 32.7 Å². The van der Waals surface area contributed by atoms with Crippen molar-refractivity contribution in [2.24, 2.45) is 0 Å². The first-order valence-electron chi connectivity index (χ1n) is 10.4. The fourth-order valence-electron chi connectivity index (χ4n) is 3.27. The zero-order valence-electron chi connectivity index (χ0n) is 18.3. The summed E-state index contributed by atoms with van der Waals surface area (Å²) < 4.78 is 19.1. The summed E-state index contributed by atoms with van der Waals surface area (Å²) in [6, 6.07) is 15.2. The molecule has 1 aliphatic heterocycles. The van der Waals surface area contributed by atoms with E-state index in [0.29, 0.717) is 5.56 Å². The molecule has 182 valence electrons. The number of imide groups is 2. The van der Waals surface area contributed by atoms with Crippen LogP contribution in [-0.4, -0.2) is 30.4 Å². The van der Waals surface area contributed by atoms with E-state index in [1.165, 1.54) is 48.5 Å². The molecule has 1 aliphatic rings. The Kier molecular flexibility index (Phi) is 7.33. The maximum Gasteiger partial charge on any atom is 0.335 e. The predicted octanol–water partition coefficient (Wildman–Crippen LogP) is 4.82. The monoisotopic (exact) mass is 527 g/mol. The van der Waals surface area contributed by atoms with Gasteiger partial charge in [0, 0.05) is 0 Å². The van der Waals surface area contributed by atoms with E-state index in [9.17, 15) is 23.6 Å². The fraction of sp³-hybridized carbons (Fsp3) is 0.0400. The van der Waals surface area contributed by atoms with Crippen molar-refractivity contribution in [1.29, 1.82) is 0 Å².